The highest BCUT2D eigenvalue weighted by Gasteiger charge is 2.39. The molecule has 1 saturated carbocycles. The van der Waals surface area contributed by atoms with Gasteiger partial charge in [-0.1, -0.05) is 6.92 Å². The van der Waals surface area contributed by atoms with E-state index in [2.05, 4.69) is 27.5 Å². The van der Waals surface area contributed by atoms with Gasteiger partial charge in [0.05, 0.1) is 10.7 Å². The van der Waals surface area contributed by atoms with Crippen molar-refractivity contribution < 1.29 is 9.59 Å². The van der Waals surface area contributed by atoms with E-state index in [1.54, 1.807) is 48.0 Å². The maximum Gasteiger partial charge on any atom is 0.251 e. The molecule has 7 heteroatoms. The standard InChI is InChI=1S/C23H24N4O2S/c1-15-13-19(15)23(29)26-18-6-4-17(5-7-18)22(28)25-10-2-3-21-27-20(14-30-21)16-8-11-24-12-9-16/h4-9,11-12,14-15,19H,2-3,10,13H2,1H3,(H,25,28)(H,26,29). The monoisotopic (exact) mass is 420 g/mol. The minimum Gasteiger partial charge on any atom is -0.352 e. The zero-order chi connectivity index (χ0) is 20.9. The van der Waals surface area contributed by atoms with Crippen molar-refractivity contribution in [2.24, 2.45) is 11.8 Å². The van der Waals surface area contributed by atoms with Crippen LogP contribution < -0.4 is 10.6 Å². The molecule has 1 aliphatic carbocycles. The highest BCUT2D eigenvalue weighted by molar-refractivity contribution is 7.09. The van der Waals surface area contributed by atoms with Crippen molar-refractivity contribution in [2.45, 2.75) is 26.2 Å². The summed E-state index contributed by atoms with van der Waals surface area (Å²) < 4.78 is 0. The van der Waals surface area contributed by atoms with Crippen LogP contribution in [0.15, 0.2) is 54.2 Å². The molecule has 2 heterocycles. The van der Waals surface area contributed by atoms with Gasteiger partial charge in [0.2, 0.25) is 5.91 Å². The summed E-state index contributed by atoms with van der Waals surface area (Å²) in [6.45, 7) is 2.66. The van der Waals surface area contributed by atoms with E-state index in [0.29, 0.717) is 18.0 Å². The molecule has 30 heavy (non-hydrogen) atoms. The second-order valence-corrected chi connectivity index (χ2v) is 8.55. The highest BCUT2D eigenvalue weighted by Crippen LogP contribution is 2.38. The Morgan fingerprint density at radius 3 is 2.57 bits per heavy atom. The summed E-state index contributed by atoms with van der Waals surface area (Å²) in [7, 11) is 0. The summed E-state index contributed by atoms with van der Waals surface area (Å²) in [5.74, 6) is 0.558. The summed E-state index contributed by atoms with van der Waals surface area (Å²) in [6, 6.07) is 10.9. The molecule has 6 nitrogen and oxygen atoms in total. The number of nitrogens with one attached hydrogen (secondary N) is 2. The van der Waals surface area contributed by atoms with Crippen molar-refractivity contribution in [1.82, 2.24) is 15.3 Å². The molecule has 0 radical (unpaired) electrons. The Balaban J connectivity index is 1.20. The summed E-state index contributed by atoms with van der Waals surface area (Å²) in [4.78, 5) is 33.0. The molecule has 1 fully saturated rings. The second-order valence-electron chi connectivity index (χ2n) is 7.61. The summed E-state index contributed by atoms with van der Waals surface area (Å²) in [5, 5.41) is 8.95. The molecule has 2 unspecified atom stereocenters. The lowest BCUT2D eigenvalue weighted by Gasteiger charge is -2.07. The largest absolute Gasteiger partial charge is 0.352 e. The Hall–Kier alpha value is -3.06. The second kappa shape index (κ2) is 9.17. The van der Waals surface area contributed by atoms with E-state index in [4.69, 9.17) is 0 Å². The number of hydrogen-bond acceptors (Lipinski definition) is 5. The van der Waals surface area contributed by atoms with Gasteiger partial charge in [-0.05, 0) is 55.2 Å². The molecule has 2 aromatic heterocycles. The molecule has 1 aliphatic rings. The van der Waals surface area contributed by atoms with Gasteiger partial charge >= 0.3 is 0 Å². The van der Waals surface area contributed by atoms with Gasteiger partial charge in [0.1, 0.15) is 0 Å². The van der Waals surface area contributed by atoms with Gasteiger partial charge in [0.15, 0.2) is 0 Å². The van der Waals surface area contributed by atoms with Crippen LogP contribution in [0.5, 0.6) is 0 Å². The molecule has 0 spiro atoms. The third-order valence-corrected chi connectivity index (χ3v) is 6.15. The van der Waals surface area contributed by atoms with Crippen molar-refractivity contribution in [2.75, 3.05) is 11.9 Å². The van der Waals surface area contributed by atoms with Crippen molar-refractivity contribution in [3.63, 3.8) is 0 Å². The van der Waals surface area contributed by atoms with Crippen LogP contribution in [0, 0.1) is 11.8 Å². The Morgan fingerprint density at radius 1 is 1.13 bits per heavy atom. The lowest BCUT2D eigenvalue weighted by atomic mass is 10.2. The van der Waals surface area contributed by atoms with Crippen molar-refractivity contribution in [3.8, 4) is 11.3 Å². The molecule has 0 bridgehead atoms. The van der Waals surface area contributed by atoms with Crippen molar-refractivity contribution >= 4 is 28.8 Å². The van der Waals surface area contributed by atoms with Gasteiger partial charge in [0.25, 0.3) is 5.91 Å². The number of aryl methyl sites for hydroxylation is 1. The van der Waals surface area contributed by atoms with Crippen molar-refractivity contribution in [3.05, 3.63) is 64.7 Å². The van der Waals surface area contributed by atoms with Crippen LogP contribution in [0.3, 0.4) is 0 Å². The minimum absolute atomic E-state index is 0.0639. The first-order chi connectivity index (χ1) is 14.6. The third kappa shape index (κ3) is 5.10. The third-order valence-electron chi connectivity index (χ3n) is 5.24. The van der Waals surface area contributed by atoms with Crippen LogP contribution in [0.2, 0.25) is 0 Å². The fourth-order valence-electron chi connectivity index (χ4n) is 3.25. The van der Waals surface area contributed by atoms with E-state index in [1.807, 2.05) is 17.5 Å². The zero-order valence-electron chi connectivity index (χ0n) is 16.8. The predicted octanol–water partition coefficient (Wildman–Crippen LogP) is 4.16. The average Bonchev–Trinajstić information content (AvgIpc) is 3.32. The molecular formula is C23H24N4O2S. The van der Waals surface area contributed by atoms with Crippen LogP contribution in [0.4, 0.5) is 5.69 Å². The topological polar surface area (TPSA) is 84.0 Å². The van der Waals surface area contributed by atoms with E-state index in [1.165, 1.54) is 0 Å². The van der Waals surface area contributed by atoms with E-state index in [-0.39, 0.29) is 17.7 Å². The van der Waals surface area contributed by atoms with E-state index < -0.39 is 0 Å². The summed E-state index contributed by atoms with van der Waals surface area (Å²) >= 11 is 1.63. The number of amides is 2. The Bertz CT molecular complexity index is 1020. The Morgan fingerprint density at radius 2 is 1.87 bits per heavy atom. The molecular weight excluding hydrogens is 396 g/mol. The SMILES string of the molecule is CC1CC1C(=O)Nc1ccc(C(=O)NCCCc2nc(-c3ccncc3)cs2)cc1. The minimum atomic E-state index is -0.111. The number of anilines is 1. The van der Waals surface area contributed by atoms with E-state index in [9.17, 15) is 9.59 Å². The number of rotatable bonds is 8. The number of nitrogens with zero attached hydrogens (tertiary/aromatic N) is 2. The van der Waals surface area contributed by atoms with Crippen LogP contribution in [0.25, 0.3) is 11.3 Å². The molecule has 0 saturated heterocycles. The fraction of sp³-hybridized carbons (Fsp3) is 0.304. The van der Waals surface area contributed by atoms with Crippen LogP contribution in [0.1, 0.15) is 35.1 Å². The first-order valence-corrected chi connectivity index (χ1v) is 11.0. The molecule has 1 aromatic carbocycles. The molecule has 2 atom stereocenters. The normalized spacial score (nSPS) is 17.4. The number of pyridine rings is 1. The summed E-state index contributed by atoms with van der Waals surface area (Å²) in [6.07, 6.45) is 6.12. The molecule has 2 amide bonds. The molecule has 2 N–H and O–H groups in total. The average molecular weight is 421 g/mol. The van der Waals surface area contributed by atoms with Gasteiger partial charge in [-0.15, -0.1) is 11.3 Å². The number of thiazole rings is 1. The maximum absolute atomic E-state index is 12.3. The summed E-state index contributed by atoms with van der Waals surface area (Å²) in [5.41, 5.74) is 3.34. The molecule has 3 aromatic rings. The Kier molecular flexibility index (Phi) is 6.18. The van der Waals surface area contributed by atoms with Gasteiger partial charge in [0, 0.05) is 53.5 Å². The van der Waals surface area contributed by atoms with Crippen molar-refractivity contribution in [1.29, 1.82) is 0 Å². The van der Waals surface area contributed by atoms with E-state index in [0.717, 1.165) is 41.2 Å². The predicted molar refractivity (Wildman–Crippen MR) is 118 cm³/mol. The first kappa shape index (κ1) is 20.2. The lowest BCUT2D eigenvalue weighted by molar-refractivity contribution is -0.117. The van der Waals surface area contributed by atoms with Gasteiger partial charge in [-0.25, -0.2) is 4.98 Å². The lowest BCUT2D eigenvalue weighted by Crippen LogP contribution is -2.24. The van der Waals surface area contributed by atoms with Gasteiger partial charge in [-0.2, -0.15) is 0 Å². The molecule has 0 aliphatic heterocycles. The first-order valence-electron chi connectivity index (χ1n) is 10.1. The maximum atomic E-state index is 12.3. The number of benzene rings is 1. The fourth-order valence-corrected chi connectivity index (χ4v) is 4.10. The van der Waals surface area contributed by atoms with Crippen LogP contribution in [-0.4, -0.2) is 28.3 Å². The zero-order valence-corrected chi connectivity index (χ0v) is 17.6. The Labute approximate surface area is 179 Å². The van der Waals surface area contributed by atoms with E-state index >= 15 is 0 Å². The highest BCUT2D eigenvalue weighted by atomic mass is 32.1. The number of carbonyl (C=O) groups excluding carboxylic acids is 2. The van der Waals surface area contributed by atoms with Crippen LogP contribution in [-0.2, 0) is 11.2 Å². The number of hydrogen-bond donors (Lipinski definition) is 2. The number of aromatic nitrogens is 2. The smallest absolute Gasteiger partial charge is 0.251 e. The van der Waals surface area contributed by atoms with Gasteiger partial charge < -0.3 is 10.6 Å². The van der Waals surface area contributed by atoms with Gasteiger partial charge in [-0.3, -0.25) is 14.6 Å². The quantitative estimate of drug-likeness (QED) is 0.536. The number of carbonyl (C=O) groups is 2. The van der Waals surface area contributed by atoms with Crippen LogP contribution >= 0.6 is 11.3 Å². The molecule has 154 valence electrons. The molecule has 4 rings (SSSR count).